The van der Waals surface area contributed by atoms with Gasteiger partial charge in [0.25, 0.3) is 0 Å². The second kappa shape index (κ2) is 11.4. The smallest absolute Gasteiger partial charge is 0.239 e. The monoisotopic (exact) mass is 479 g/mol. The number of halogens is 2. The van der Waals surface area contributed by atoms with Gasteiger partial charge in [-0.1, -0.05) is 54.4 Å². The number of unbranched alkanes of at least 4 members (excludes halogenated alkanes) is 1. The highest BCUT2D eigenvalue weighted by Gasteiger charge is 2.31. The summed E-state index contributed by atoms with van der Waals surface area (Å²) in [5, 5.41) is 12.1. The van der Waals surface area contributed by atoms with E-state index in [0.29, 0.717) is 39.7 Å². The molecule has 2 aromatic rings. The van der Waals surface area contributed by atoms with E-state index >= 15 is 0 Å². The number of rotatable bonds is 9. The minimum atomic E-state index is -0.369. The van der Waals surface area contributed by atoms with Crippen molar-refractivity contribution < 1.29 is 14.3 Å². The van der Waals surface area contributed by atoms with E-state index in [0.717, 1.165) is 24.0 Å². The largest absolute Gasteiger partial charge is 0.493 e. The maximum Gasteiger partial charge on any atom is 0.239 e. The van der Waals surface area contributed by atoms with Crippen LogP contribution in [0.25, 0.3) is 0 Å². The van der Waals surface area contributed by atoms with E-state index in [-0.39, 0.29) is 11.2 Å². The molecule has 1 N–H and O–H groups in total. The summed E-state index contributed by atoms with van der Waals surface area (Å²) in [4.78, 5) is 12.3. The fraction of sp³-hybridized carbons (Fsp3) is 0.318. The number of benzene rings is 2. The van der Waals surface area contributed by atoms with Crippen LogP contribution in [-0.2, 0) is 11.2 Å². The molecule has 1 atom stereocenters. The highest BCUT2D eigenvalue weighted by Crippen LogP contribution is 2.31. The molecule has 9 heteroatoms. The predicted octanol–water partition coefficient (Wildman–Crippen LogP) is 5.35. The van der Waals surface area contributed by atoms with Crippen LogP contribution in [0.5, 0.6) is 11.5 Å². The van der Waals surface area contributed by atoms with Gasteiger partial charge in [0.15, 0.2) is 16.7 Å². The van der Waals surface area contributed by atoms with Crippen molar-refractivity contribution in [1.29, 1.82) is 0 Å². The van der Waals surface area contributed by atoms with Gasteiger partial charge in [0.2, 0.25) is 5.91 Å². The molecular weight excluding hydrogens is 457 g/mol. The molecular formula is C22H23Cl2N3O3S. The summed E-state index contributed by atoms with van der Waals surface area (Å²) in [6.07, 6.45) is 4.05. The summed E-state index contributed by atoms with van der Waals surface area (Å²) < 4.78 is 11.1. The summed E-state index contributed by atoms with van der Waals surface area (Å²) in [7, 11) is 1.60. The number of hydrogen-bond acceptors (Lipinski definition) is 6. The van der Waals surface area contributed by atoms with E-state index in [4.69, 9.17) is 32.7 Å². The fourth-order valence-corrected chi connectivity index (χ4v) is 4.35. The molecule has 6 nitrogen and oxygen atoms in total. The Morgan fingerprint density at radius 2 is 1.97 bits per heavy atom. The van der Waals surface area contributed by atoms with E-state index < -0.39 is 0 Å². The standard InChI is InChI=1S/C22H23Cl2N3O3S/c1-3-4-10-30-18-9-8-14(11-19(18)29-2)13-25-27-22-26-21(28)20(31-22)12-15-16(23)6-5-7-17(15)24/h5-9,11,13,20H,3-4,10,12H2,1-2H3,(H,26,27,28)/b25-13+. The fourth-order valence-electron chi connectivity index (χ4n) is 2.86. The van der Waals surface area contributed by atoms with Gasteiger partial charge in [-0.2, -0.15) is 5.10 Å². The number of nitrogens with one attached hydrogen (secondary N) is 1. The number of hydrogen-bond donors (Lipinski definition) is 1. The Balaban J connectivity index is 1.63. The van der Waals surface area contributed by atoms with Crippen molar-refractivity contribution in [1.82, 2.24) is 5.32 Å². The maximum absolute atomic E-state index is 12.3. The first-order valence-electron chi connectivity index (χ1n) is 9.84. The maximum atomic E-state index is 12.3. The summed E-state index contributed by atoms with van der Waals surface area (Å²) in [5.74, 6) is 1.18. The van der Waals surface area contributed by atoms with Gasteiger partial charge in [0.05, 0.1) is 25.2 Å². The lowest BCUT2D eigenvalue weighted by atomic mass is 10.1. The third kappa shape index (κ3) is 6.38. The third-order valence-electron chi connectivity index (χ3n) is 4.53. The van der Waals surface area contributed by atoms with Crippen LogP contribution in [-0.4, -0.2) is 36.3 Å². The zero-order valence-electron chi connectivity index (χ0n) is 17.2. The number of amidine groups is 1. The zero-order chi connectivity index (χ0) is 22.2. The van der Waals surface area contributed by atoms with Crippen molar-refractivity contribution in [2.75, 3.05) is 13.7 Å². The van der Waals surface area contributed by atoms with E-state index in [2.05, 4.69) is 22.4 Å². The molecule has 0 aromatic heterocycles. The minimum Gasteiger partial charge on any atom is -0.493 e. The number of carbonyl (C=O) groups excluding carboxylic acids is 1. The van der Waals surface area contributed by atoms with Gasteiger partial charge in [-0.25, -0.2) is 0 Å². The van der Waals surface area contributed by atoms with Crippen LogP contribution in [0.3, 0.4) is 0 Å². The van der Waals surface area contributed by atoms with Gasteiger partial charge in [0, 0.05) is 10.0 Å². The number of thioether (sulfide) groups is 1. The van der Waals surface area contributed by atoms with Crippen molar-refractivity contribution in [3.8, 4) is 11.5 Å². The minimum absolute atomic E-state index is 0.148. The second-order valence-corrected chi connectivity index (χ2v) is 8.77. The molecule has 1 amide bonds. The second-order valence-electron chi connectivity index (χ2n) is 6.76. The first kappa shape index (κ1) is 23.4. The molecule has 1 fully saturated rings. The molecule has 1 heterocycles. The highest BCUT2D eigenvalue weighted by atomic mass is 35.5. The van der Waals surface area contributed by atoms with Crippen molar-refractivity contribution in [2.45, 2.75) is 31.4 Å². The quantitative estimate of drug-likeness (QED) is 0.299. The first-order chi connectivity index (χ1) is 15.0. The van der Waals surface area contributed by atoms with Gasteiger partial charge in [-0.3, -0.25) is 4.79 Å². The van der Waals surface area contributed by atoms with Crippen molar-refractivity contribution >= 4 is 52.3 Å². The summed E-state index contributed by atoms with van der Waals surface area (Å²) in [6.45, 7) is 2.76. The van der Waals surface area contributed by atoms with Crippen LogP contribution in [0.2, 0.25) is 10.0 Å². The summed E-state index contributed by atoms with van der Waals surface area (Å²) >= 11 is 13.7. The molecule has 0 saturated carbocycles. The van der Waals surface area contributed by atoms with Gasteiger partial charge < -0.3 is 14.8 Å². The van der Waals surface area contributed by atoms with Gasteiger partial charge >= 0.3 is 0 Å². The average Bonchev–Trinajstić information content (AvgIpc) is 3.10. The van der Waals surface area contributed by atoms with Crippen molar-refractivity contribution in [3.05, 3.63) is 57.6 Å². The molecule has 3 rings (SSSR count). The Labute approximate surface area is 196 Å². The lowest BCUT2D eigenvalue weighted by molar-refractivity contribution is -0.118. The summed E-state index contributed by atoms with van der Waals surface area (Å²) in [6, 6.07) is 10.8. The Morgan fingerprint density at radius 1 is 1.19 bits per heavy atom. The Morgan fingerprint density at radius 3 is 2.68 bits per heavy atom. The van der Waals surface area contributed by atoms with Gasteiger partial charge in [-0.15, -0.1) is 5.10 Å². The summed E-state index contributed by atoms with van der Waals surface area (Å²) in [5.41, 5.74) is 1.55. The number of amides is 1. The Kier molecular flexibility index (Phi) is 8.63. The molecule has 0 spiro atoms. The molecule has 1 aliphatic rings. The normalized spacial score (nSPS) is 17.4. The number of carbonyl (C=O) groups is 1. The number of ether oxygens (including phenoxy) is 2. The van der Waals surface area contributed by atoms with Crippen molar-refractivity contribution in [3.63, 3.8) is 0 Å². The molecule has 1 aliphatic heterocycles. The SMILES string of the molecule is CCCCOc1ccc(/C=N/N=C2/NC(=O)C(Cc3c(Cl)cccc3Cl)S2)cc1OC. The van der Waals surface area contributed by atoms with E-state index in [1.165, 1.54) is 11.8 Å². The lowest BCUT2D eigenvalue weighted by Gasteiger charge is -2.10. The number of methoxy groups -OCH3 is 1. The number of nitrogens with zero attached hydrogens (tertiary/aromatic N) is 2. The molecule has 0 bridgehead atoms. The van der Waals surface area contributed by atoms with E-state index in [1.54, 1.807) is 31.5 Å². The first-order valence-corrected chi connectivity index (χ1v) is 11.5. The highest BCUT2D eigenvalue weighted by molar-refractivity contribution is 8.15. The molecule has 0 aliphatic carbocycles. The molecule has 1 saturated heterocycles. The lowest BCUT2D eigenvalue weighted by Crippen LogP contribution is -2.26. The average molecular weight is 480 g/mol. The Bertz CT molecular complexity index is 978. The van der Waals surface area contributed by atoms with Crippen molar-refractivity contribution in [2.24, 2.45) is 10.2 Å². The van der Waals surface area contributed by atoms with Crippen LogP contribution in [0.15, 0.2) is 46.6 Å². The third-order valence-corrected chi connectivity index (χ3v) is 6.31. The van der Waals surface area contributed by atoms with Crippen LogP contribution >= 0.6 is 35.0 Å². The van der Waals surface area contributed by atoms with E-state index in [9.17, 15) is 4.79 Å². The molecule has 164 valence electrons. The molecule has 31 heavy (non-hydrogen) atoms. The molecule has 1 unspecified atom stereocenters. The van der Waals surface area contributed by atoms with Gasteiger partial charge in [0.1, 0.15) is 0 Å². The Hall–Kier alpha value is -2.22. The molecule has 2 aromatic carbocycles. The predicted molar refractivity (Wildman–Crippen MR) is 128 cm³/mol. The van der Waals surface area contributed by atoms with Gasteiger partial charge in [-0.05, 0) is 54.3 Å². The van der Waals surface area contributed by atoms with Crippen LogP contribution in [0.1, 0.15) is 30.9 Å². The van der Waals surface area contributed by atoms with Crippen LogP contribution < -0.4 is 14.8 Å². The topological polar surface area (TPSA) is 72.3 Å². The zero-order valence-corrected chi connectivity index (χ0v) is 19.6. The van der Waals surface area contributed by atoms with Crippen LogP contribution in [0.4, 0.5) is 0 Å². The van der Waals surface area contributed by atoms with Crippen LogP contribution in [0, 0.1) is 0 Å². The molecule has 0 radical (unpaired) electrons. The van der Waals surface area contributed by atoms with E-state index in [1.807, 2.05) is 18.2 Å².